The van der Waals surface area contributed by atoms with Crippen molar-refractivity contribution < 1.29 is 4.79 Å². The standard InChI is InChI=1S/C18H24N4O2/c1-3-4-11-22-16-14(8-5-9-19-16)20-15(18(22)24)17(23)21-10-6-7-13(2)12-21/h5,8-9,13H,3-4,6-7,10-12H2,1-2H3. The van der Waals surface area contributed by atoms with E-state index in [2.05, 4.69) is 23.8 Å². The molecular formula is C18H24N4O2. The fraction of sp³-hybridized carbons (Fsp3) is 0.556. The highest BCUT2D eigenvalue weighted by atomic mass is 16.2. The van der Waals surface area contributed by atoms with Gasteiger partial charge in [-0.15, -0.1) is 0 Å². The molecular weight excluding hydrogens is 304 g/mol. The van der Waals surface area contributed by atoms with E-state index >= 15 is 0 Å². The Morgan fingerprint density at radius 2 is 2.25 bits per heavy atom. The van der Waals surface area contributed by atoms with Crippen molar-refractivity contribution in [1.29, 1.82) is 0 Å². The molecule has 0 radical (unpaired) electrons. The second-order valence-electron chi connectivity index (χ2n) is 6.62. The van der Waals surface area contributed by atoms with Crippen LogP contribution in [0.15, 0.2) is 23.1 Å². The number of hydrogen-bond acceptors (Lipinski definition) is 4. The van der Waals surface area contributed by atoms with Gasteiger partial charge in [-0.25, -0.2) is 9.97 Å². The zero-order chi connectivity index (χ0) is 17.1. The Kier molecular flexibility index (Phi) is 4.92. The maximum Gasteiger partial charge on any atom is 0.283 e. The van der Waals surface area contributed by atoms with E-state index in [9.17, 15) is 9.59 Å². The molecule has 0 N–H and O–H groups in total. The lowest BCUT2D eigenvalue weighted by atomic mass is 10.00. The predicted molar refractivity (Wildman–Crippen MR) is 93.0 cm³/mol. The highest BCUT2D eigenvalue weighted by Gasteiger charge is 2.26. The van der Waals surface area contributed by atoms with E-state index in [1.165, 1.54) is 0 Å². The second-order valence-corrected chi connectivity index (χ2v) is 6.62. The molecule has 0 spiro atoms. The number of carbonyl (C=O) groups excluding carboxylic acids is 1. The van der Waals surface area contributed by atoms with E-state index in [1.54, 1.807) is 27.8 Å². The number of likely N-dealkylation sites (tertiary alicyclic amines) is 1. The van der Waals surface area contributed by atoms with Crippen LogP contribution in [0.25, 0.3) is 11.2 Å². The van der Waals surface area contributed by atoms with Crippen LogP contribution in [-0.2, 0) is 6.54 Å². The van der Waals surface area contributed by atoms with E-state index in [4.69, 9.17) is 0 Å². The molecule has 0 aliphatic carbocycles. The number of piperidine rings is 1. The quantitative estimate of drug-likeness (QED) is 0.864. The first kappa shape index (κ1) is 16.6. The Morgan fingerprint density at radius 3 is 3.00 bits per heavy atom. The van der Waals surface area contributed by atoms with Crippen molar-refractivity contribution in [1.82, 2.24) is 19.4 Å². The van der Waals surface area contributed by atoms with Gasteiger partial charge in [-0.05, 0) is 37.3 Å². The van der Waals surface area contributed by atoms with Gasteiger partial charge in [-0.2, -0.15) is 0 Å². The summed E-state index contributed by atoms with van der Waals surface area (Å²) in [6.07, 6.45) is 5.59. The first-order valence-corrected chi connectivity index (χ1v) is 8.76. The average Bonchev–Trinajstić information content (AvgIpc) is 2.60. The molecule has 1 unspecified atom stereocenters. The van der Waals surface area contributed by atoms with Gasteiger partial charge < -0.3 is 4.90 Å². The summed E-state index contributed by atoms with van der Waals surface area (Å²) in [6, 6.07) is 3.58. The zero-order valence-corrected chi connectivity index (χ0v) is 14.4. The molecule has 128 valence electrons. The minimum absolute atomic E-state index is 0.0284. The van der Waals surface area contributed by atoms with Gasteiger partial charge in [0.25, 0.3) is 11.5 Å². The first-order valence-electron chi connectivity index (χ1n) is 8.76. The number of aryl methyl sites for hydroxylation is 1. The lowest BCUT2D eigenvalue weighted by Gasteiger charge is -2.30. The summed E-state index contributed by atoms with van der Waals surface area (Å²) in [7, 11) is 0. The maximum absolute atomic E-state index is 12.9. The monoisotopic (exact) mass is 328 g/mol. The van der Waals surface area contributed by atoms with Crippen molar-refractivity contribution in [2.24, 2.45) is 5.92 Å². The Bertz CT molecular complexity index is 799. The van der Waals surface area contributed by atoms with E-state index in [0.29, 0.717) is 36.7 Å². The largest absolute Gasteiger partial charge is 0.337 e. The van der Waals surface area contributed by atoms with Gasteiger partial charge in [0.05, 0.1) is 0 Å². The summed E-state index contributed by atoms with van der Waals surface area (Å²) in [4.78, 5) is 36.2. The molecule has 0 aromatic carbocycles. The molecule has 2 aromatic rings. The molecule has 3 rings (SSSR count). The molecule has 0 bridgehead atoms. The van der Waals surface area contributed by atoms with E-state index in [0.717, 1.165) is 25.7 Å². The fourth-order valence-electron chi connectivity index (χ4n) is 3.26. The molecule has 1 fully saturated rings. The van der Waals surface area contributed by atoms with Crippen molar-refractivity contribution in [3.05, 3.63) is 34.4 Å². The number of carbonyl (C=O) groups is 1. The van der Waals surface area contributed by atoms with Crippen molar-refractivity contribution >= 4 is 17.1 Å². The Labute approximate surface area is 141 Å². The molecule has 1 aliphatic heterocycles. The van der Waals surface area contributed by atoms with Crippen LogP contribution in [0.4, 0.5) is 0 Å². The van der Waals surface area contributed by atoms with Gasteiger partial charge in [-0.1, -0.05) is 20.3 Å². The molecule has 24 heavy (non-hydrogen) atoms. The molecule has 3 heterocycles. The van der Waals surface area contributed by atoms with Crippen LogP contribution < -0.4 is 5.56 Å². The van der Waals surface area contributed by atoms with Gasteiger partial charge >= 0.3 is 0 Å². The minimum Gasteiger partial charge on any atom is -0.337 e. The van der Waals surface area contributed by atoms with Crippen molar-refractivity contribution in [2.45, 2.75) is 46.1 Å². The molecule has 1 aliphatic rings. The number of unbranched alkanes of at least 4 members (excludes halogenated alkanes) is 1. The number of rotatable bonds is 4. The summed E-state index contributed by atoms with van der Waals surface area (Å²) in [5.74, 6) is 0.217. The fourth-order valence-corrected chi connectivity index (χ4v) is 3.26. The summed E-state index contributed by atoms with van der Waals surface area (Å²) in [5.41, 5.74) is 0.861. The van der Waals surface area contributed by atoms with Crippen LogP contribution in [-0.4, -0.2) is 38.4 Å². The van der Waals surface area contributed by atoms with Crippen LogP contribution in [0.2, 0.25) is 0 Å². The number of pyridine rings is 1. The molecule has 0 saturated carbocycles. The lowest BCUT2D eigenvalue weighted by molar-refractivity contribution is 0.0674. The van der Waals surface area contributed by atoms with Crippen LogP contribution in [0.1, 0.15) is 50.0 Å². The summed E-state index contributed by atoms with van der Waals surface area (Å²) < 4.78 is 1.60. The van der Waals surface area contributed by atoms with Gasteiger partial charge in [0.1, 0.15) is 5.52 Å². The molecule has 1 amide bonds. The third kappa shape index (κ3) is 3.18. The number of amides is 1. The SMILES string of the molecule is CCCCn1c(=O)c(C(=O)N2CCCC(C)C2)nc2cccnc21. The van der Waals surface area contributed by atoms with Gasteiger partial charge in [0, 0.05) is 25.8 Å². The van der Waals surface area contributed by atoms with Crippen molar-refractivity contribution in [3.8, 4) is 0 Å². The van der Waals surface area contributed by atoms with Crippen molar-refractivity contribution in [2.75, 3.05) is 13.1 Å². The predicted octanol–water partition coefficient (Wildman–Crippen LogP) is 2.46. The third-order valence-electron chi connectivity index (χ3n) is 4.58. The van der Waals surface area contributed by atoms with Gasteiger partial charge in [0.2, 0.25) is 0 Å². The molecule has 6 heteroatoms. The Hall–Kier alpha value is -2.24. The highest BCUT2D eigenvalue weighted by molar-refractivity contribution is 5.93. The number of hydrogen-bond donors (Lipinski definition) is 0. The third-order valence-corrected chi connectivity index (χ3v) is 4.58. The average molecular weight is 328 g/mol. The van der Waals surface area contributed by atoms with E-state index in [-0.39, 0.29) is 17.2 Å². The van der Waals surface area contributed by atoms with Gasteiger partial charge in [-0.3, -0.25) is 14.2 Å². The molecule has 6 nitrogen and oxygen atoms in total. The zero-order valence-electron chi connectivity index (χ0n) is 14.4. The van der Waals surface area contributed by atoms with Crippen LogP contribution >= 0.6 is 0 Å². The molecule has 2 aromatic heterocycles. The first-order chi connectivity index (χ1) is 11.6. The Balaban J connectivity index is 2.05. The normalized spacial score (nSPS) is 18.1. The van der Waals surface area contributed by atoms with Crippen molar-refractivity contribution in [3.63, 3.8) is 0 Å². The summed E-state index contributed by atoms with van der Waals surface area (Å²) in [5, 5.41) is 0. The van der Waals surface area contributed by atoms with E-state index in [1.807, 2.05) is 0 Å². The second kappa shape index (κ2) is 7.11. The van der Waals surface area contributed by atoms with E-state index < -0.39 is 0 Å². The smallest absolute Gasteiger partial charge is 0.283 e. The Morgan fingerprint density at radius 1 is 1.42 bits per heavy atom. The lowest BCUT2D eigenvalue weighted by Crippen LogP contribution is -2.43. The molecule has 1 saturated heterocycles. The number of fused-ring (bicyclic) bond motifs is 1. The number of aromatic nitrogens is 3. The van der Waals surface area contributed by atoms with Crippen LogP contribution in [0.3, 0.4) is 0 Å². The maximum atomic E-state index is 12.9. The summed E-state index contributed by atoms with van der Waals surface area (Å²) >= 11 is 0. The highest BCUT2D eigenvalue weighted by Crippen LogP contribution is 2.17. The number of nitrogens with zero attached hydrogens (tertiary/aromatic N) is 4. The summed E-state index contributed by atoms with van der Waals surface area (Å²) in [6.45, 7) is 6.16. The van der Waals surface area contributed by atoms with Crippen LogP contribution in [0, 0.1) is 5.92 Å². The minimum atomic E-state index is -0.321. The molecule has 1 atom stereocenters. The van der Waals surface area contributed by atoms with Crippen LogP contribution in [0.5, 0.6) is 0 Å². The topological polar surface area (TPSA) is 68.1 Å². The van der Waals surface area contributed by atoms with Gasteiger partial charge in [0.15, 0.2) is 11.3 Å².